The Hall–Kier alpha value is -1.18. The molecule has 0 saturated carbocycles. The van der Waals surface area contributed by atoms with Crippen LogP contribution in [0.5, 0.6) is 0 Å². The number of nitrogens with zero attached hydrogens (tertiary/aromatic N) is 3. The van der Waals surface area contributed by atoms with Gasteiger partial charge in [-0.2, -0.15) is 0 Å². The molecule has 19 heavy (non-hydrogen) atoms. The first-order valence-corrected chi connectivity index (χ1v) is 7.76. The molecule has 0 spiro atoms. The number of nitrogens with two attached hydrogens (primary N) is 1. The maximum atomic E-state index is 11.9. The largest absolute Gasteiger partial charge is 0.352 e. The molecule has 1 aliphatic heterocycles. The van der Waals surface area contributed by atoms with E-state index in [0.29, 0.717) is 12.6 Å². The zero-order chi connectivity index (χ0) is 14.0. The molecule has 0 amide bonds. The summed E-state index contributed by atoms with van der Waals surface area (Å²) < 4.78 is 25.1. The van der Waals surface area contributed by atoms with Crippen LogP contribution in [-0.2, 0) is 10.0 Å². The number of anilines is 1. The third-order valence-corrected chi connectivity index (χ3v) is 5.24. The number of rotatable bonds is 4. The van der Waals surface area contributed by atoms with Crippen molar-refractivity contribution < 1.29 is 8.42 Å². The van der Waals surface area contributed by atoms with Crippen LogP contribution in [0.4, 0.5) is 5.82 Å². The Morgan fingerprint density at radius 2 is 2.21 bits per heavy atom. The summed E-state index contributed by atoms with van der Waals surface area (Å²) in [6.45, 7) is 1.52. The molecule has 2 N–H and O–H groups in total. The predicted molar refractivity (Wildman–Crippen MR) is 74.5 cm³/mol. The summed E-state index contributed by atoms with van der Waals surface area (Å²) in [7, 11) is -0.392. The lowest BCUT2D eigenvalue weighted by Crippen LogP contribution is -2.35. The first-order valence-electron chi connectivity index (χ1n) is 6.32. The van der Waals surface area contributed by atoms with Crippen molar-refractivity contribution in [2.45, 2.75) is 23.8 Å². The summed E-state index contributed by atoms with van der Waals surface area (Å²) in [6.07, 6.45) is 3.58. The van der Waals surface area contributed by atoms with Gasteiger partial charge in [0.05, 0.1) is 0 Å². The Kier molecular flexibility index (Phi) is 4.07. The van der Waals surface area contributed by atoms with Crippen LogP contribution < -0.4 is 10.6 Å². The van der Waals surface area contributed by atoms with Gasteiger partial charge in [-0.1, -0.05) is 0 Å². The summed E-state index contributed by atoms with van der Waals surface area (Å²) in [6, 6.07) is 3.66. The molecule has 1 aromatic heterocycles. The van der Waals surface area contributed by atoms with Crippen molar-refractivity contribution >= 4 is 15.8 Å². The molecule has 2 rings (SSSR count). The Balaban J connectivity index is 2.24. The monoisotopic (exact) mass is 284 g/mol. The van der Waals surface area contributed by atoms with Crippen molar-refractivity contribution in [3.63, 3.8) is 0 Å². The second-order valence-electron chi connectivity index (χ2n) is 4.86. The molecule has 0 aliphatic carbocycles. The fraction of sp³-hybridized carbons (Fsp3) is 0.583. The van der Waals surface area contributed by atoms with Gasteiger partial charge >= 0.3 is 0 Å². The number of sulfonamides is 1. The van der Waals surface area contributed by atoms with Crippen LogP contribution in [0.3, 0.4) is 0 Å². The molecule has 1 aliphatic rings. The first-order chi connectivity index (χ1) is 8.96. The van der Waals surface area contributed by atoms with E-state index in [4.69, 9.17) is 5.73 Å². The van der Waals surface area contributed by atoms with Crippen LogP contribution in [0, 0.1) is 0 Å². The second kappa shape index (κ2) is 5.44. The lowest BCUT2D eigenvalue weighted by atomic mass is 10.2. The SMILES string of the molecule is CN(C)S(=O)(=O)c1ccc(N2CCCC2CN)nc1. The van der Waals surface area contributed by atoms with Crippen LogP contribution in [0.15, 0.2) is 23.2 Å². The van der Waals surface area contributed by atoms with Crippen molar-refractivity contribution in [1.29, 1.82) is 0 Å². The fourth-order valence-corrected chi connectivity index (χ4v) is 3.14. The van der Waals surface area contributed by atoms with Gasteiger partial charge in [0, 0.05) is 39.4 Å². The van der Waals surface area contributed by atoms with E-state index < -0.39 is 10.0 Å². The smallest absolute Gasteiger partial charge is 0.244 e. The van der Waals surface area contributed by atoms with Crippen molar-refractivity contribution in [3.05, 3.63) is 18.3 Å². The molecule has 7 heteroatoms. The van der Waals surface area contributed by atoms with Crippen molar-refractivity contribution in [2.24, 2.45) is 5.73 Å². The molecule has 106 valence electrons. The first kappa shape index (κ1) is 14.2. The number of pyridine rings is 1. The van der Waals surface area contributed by atoms with E-state index in [1.54, 1.807) is 12.1 Å². The molecule has 1 fully saturated rings. The number of aromatic nitrogens is 1. The lowest BCUT2D eigenvalue weighted by molar-refractivity contribution is 0.520. The van der Waals surface area contributed by atoms with E-state index in [1.807, 2.05) is 0 Å². The van der Waals surface area contributed by atoms with Crippen LogP contribution in [-0.4, -0.2) is 50.9 Å². The molecule has 1 unspecified atom stereocenters. The van der Waals surface area contributed by atoms with E-state index >= 15 is 0 Å². The van der Waals surface area contributed by atoms with E-state index in [2.05, 4.69) is 9.88 Å². The van der Waals surface area contributed by atoms with E-state index in [1.165, 1.54) is 24.6 Å². The van der Waals surface area contributed by atoms with Gasteiger partial charge in [0.25, 0.3) is 0 Å². The number of hydrogen-bond donors (Lipinski definition) is 1. The molecule has 1 atom stereocenters. The van der Waals surface area contributed by atoms with E-state index in [9.17, 15) is 8.42 Å². The van der Waals surface area contributed by atoms with E-state index in [0.717, 1.165) is 25.2 Å². The van der Waals surface area contributed by atoms with Crippen LogP contribution in [0.2, 0.25) is 0 Å². The minimum absolute atomic E-state index is 0.213. The highest BCUT2D eigenvalue weighted by Gasteiger charge is 2.25. The molecule has 6 nitrogen and oxygen atoms in total. The van der Waals surface area contributed by atoms with Gasteiger partial charge in [-0.25, -0.2) is 17.7 Å². The minimum atomic E-state index is -3.41. The third-order valence-electron chi connectivity index (χ3n) is 3.44. The summed E-state index contributed by atoms with van der Waals surface area (Å²) in [5, 5.41) is 0. The van der Waals surface area contributed by atoms with Crippen LogP contribution in [0.1, 0.15) is 12.8 Å². The molecule has 1 aromatic rings. The van der Waals surface area contributed by atoms with Gasteiger partial charge in [-0.15, -0.1) is 0 Å². The average molecular weight is 284 g/mol. The molecule has 0 bridgehead atoms. The third kappa shape index (κ3) is 2.72. The van der Waals surface area contributed by atoms with Gasteiger partial charge in [-0.05, 0) is 25.0 Å². The Morgan fingerprint density at radius 3 is 2.74 bits per heavy atom. The summed E-state index contributed by atoms with van der Waals surface area (Å²) in [5.41, 5.74) is 5.73. The maximum absolute atomic E-state index is 11.9. The van der Waals surface area contributed by atoms with Gasteiger partial charge in [-0.3, -0.25) is 0 Å². The Bertz CT molecular complexity index is 527. The van der Waals surface area contributed by atoms with Crippen molar-refractivity contribution in [2.75, 3.05) is 32.1 Å². The quantitative estimate of drug-likeness (QED) is 0.858. The Labute approximate surface area is 114 Å². The summed E-state index contributed by atoms with van der Waals surface area (Å²) in [4.78, 5) is 6.63. The van der Waals surface area contributed by atoms with Crippen molar-refractivity contribution in [1.82, 2.24) is 9.29 Å². The van der Waals surface area contributed by atoms with E-state index in [-0.39, 0.29) is 4.90 Å². The second-order valence-corrected chi connectivity index (χ2v) is 7.02. The maximum Gasteiger partial charge on any atom is 0.244 e. The van der Waals surface area contributed by atoms with Crippen LogP contribution >= 0.6 is 0 Å². The van der Waals surface area contributed by atoms with Gasteiger partial charge in [0.2, 0.25) is 10.0 Å². The standard InChI is InChI=1S/C12H20N4O2S/c1-15(2)19(17,18)11-5-6-12(14-9-11)16-7-3-4-10(16)8-13/h5-6,9-10H,3-4,7-8,13H2,1-2H3. The zero-order valence-electron chi connectivity index (χ0n) is 11.3. The number of hydrogen-bond acceptors (Lipinski definition) is 5. The fourth-order valence-electron chi connectivity index (χ4n) is 2.29. The average Bonchev–Trinajstić information content (AvgIpc) is 2.87. The highest BCUT2D eigenvalue weighted by atomic mass is 32.2. The molecule has 1 saturated heterocycles. The zero-order valence-corrected chi connectivity index (χ0v) is 12.1. The summed E-state index contributed by atoms with van der Waals surface area (Å²) >= 11 is 0. The molecular weight excluding hydrogens is 264 g/mol. The van der Waals surface area contributed by atoms with Gasteiger partial charge < -0.3 is 10.6 Å². The highest BCUT2D eigenvalue weighted by Crippen LogP contribution is 2.24. The molecule has 0 aromatic carbocycles. The predicted octanol–water partition coefficient (Wildman–Crippen LogP) is 0.259. The summed E-state index contributed by atoms with van der Waals surface area (Å²) in [5.74, 6) is 0.797. The highest BCUT2D eigenvalue weighted by molar-refractivity contribution is 7.89. The lowest BCUT2D eigenvalue weighted by Gasteiger charge is -2.24. The molecule has 2 heterocycles. The normalized spacial score (nSPS) is 20.2. The topological polar surface area (TPSA) is 79.5 Å². The van der Waals surface area contributed by atoms with Gasteiger partial charge in [0.1, 0.15) is 10.7 Å². The Morgan fingerprint density at radius 1 is 1.47 bits per heavy atom. The molecule has 0 radical (unpaired) electrons. The molecular formula is C12H20N4O2S. The minimum Gasteiger partial charge on any atom is -0.352 e. The van der Waals surface area contributed by atoms with Crippen molar-refractivity contribution in [3.8, 4) is 0 Å². The van der Waals surface area contributed by atoms with Crippen LogP contribution in [0.25, 0.3) is 0 Å². The van der Waals surface area contributed by atoms with Gasteiger partial charge in [0.15, 0.2) is 0 Å².